The van der Waals surface area contributed by atoms with Gasteiger partial charge in [-0.25, -0.2) is 0 Å². The Hall–Kier alpha value is -2.32. The van der Waals surface area contributed by atoms with Gasteiger partial charge in [0.05, 0.1) is 7.11 Å². The third-order valence-corrected chi connectivity index (χ3v) is 4.54. The summed E-state index contributed by atoms with van der Waals surface area (Å²) in [6, 6.07) is 23.9. The second kappa shape index (κ2) is 7.50. The molecule has 124 valence electrons. The van der Waals surface area contributed by atoms with E-state index in [1.165, 1.54) is 21.9 Å². The molecule has 0 saturated heterocycles. The van der Waals surface area contributed by atoms with Crippen LogP contribution in [-0.2, 0) is 13.1 Å². The van der Waals surface area contributed by atoms with Crippen LogP contribution >= 0.6 is 0 Å². The molecule has 0 N–H and O–H groups in total. The van der Waals surface area contributed by atoms with Crippen molar-refractivity contribution in [3.8, 4) is 5.75 Å². The van der Waals surface area contributed by atoms with Crippen LogP contribution in [0.4, 0.5) is 0 Å². The van der Waals surface area contributed by atoms with Crippen molar-refractivity contribution >= 4 is 10.8 Å². The molecule has 0 amide bonds. The number of benzene rings is 3. The highest BCUT2D eigenvalue weighted by Crippen LogP contribution is 2.30. The molecule has 0 fully saturated rings. The average Bonchev–Trinajstić information content (AvgIpc) is 2.62. The molecule has 0 radical (unpaired) electrons. The summed E-state index contributed by atoms with van der Waals surface area (Å²) in [6.07, 6.45) is 0. The molecule has 2 nitrogen and oxygen atoms in total. The van der Waals surface area contributed by atoms with Crippen molar-refractivity contribution in [2.24, 2.45) is 0 Å². The third kappa shape index (κ3) is 3.60. The van der Waals surface area contributed by atoms with E-state index >= 15 is 0 Å². The molecule has 0 atom stereocenters. The van der Waals surface area contributed by atoms with Gasteiger partial charge in [-0.05, 0) is 36.2 Å². The molecule has 3 rings (SSSR count). The molecular weight excluding hydrogens is 294 g/mol. The van der Waals surface area contributed by atoms with E-state index in [9.17, 15) is 0 Å². The molecule has 0 aliphatic rings. The molecule has 3 aromatic carbocycles. The van der Waals surface area contributed by atoms with Crippen molar-refractivity contribution in [3.05, 3.63) is 77.9 Å². The fraction of sp³-hybridized carbons (Fsp3) is 0.273. The zero-order valence-electron chi connectivity index (χ0n) is 14.7. The van der Waals surface area contributed by atoms with Crippen LogP contribution in [0.1, 0.15) is 25.0 Å². The van der Waals surface area contributed by atoms with Gasteiger partial charge in [-0.2, -0.15) is 0 Å². The van der Waals surface area contributed by atoms with E-state index in [2.05, 4.69) is 85.5 Å². The molecule has 0 aliphatic carbocycles. The predicted molar refractivity (Wildman–Crippen MR) is 101 cm³/mol. The largest absolute Gasteiger partial charge is 0.496 e. The van der Waals surface area contributed by atoms with Crippen LogP contribution in [0.3, 0.4) is 0 Å². The Kier molecular flexibility index (Phi) is 5.17. The normalized spacial score (nSPS) is 11.4. The monoisotopic (exact) mass is 319 g/mol. The number of methoxy groups -OCH3 is 1. The maximum atomic E-state index is 5.66. The number of rotatable bonds is 6. The van der Waals surface area contributed by atoms with Crippen LogP contribution in [0.2, 0.25) is 0 Å². The molecule has 0 aromatic heterocycles. The Balaban J connectivity index is 1.96. The third-order valence-electron chi connectivity index (χ3n) is 4.54. The molecule has 3 aromatic rings. The number of nitrogens with zero attached hydrogens (tertiary/aromatic N) is 1. The van der Waals surface area contributed by atoms with Crippen molar-refractivity contribution in [2.75, 3.05) is 7.11 Å². The van der Waals surface area contributed by atoms with Crippen molar-refractivity contribution < 1.29 is 4.74 Å². The first-order chi connectivity index (χ1) is 11.7. The first-order valence-corrected chi connectivity index (χ1v) is 8.51. The minimum Gasteiger partial charge on any atom is -0.496 e. The lowest BCUT2D eigenvalue weighted by atomic mass is 10.0. The molecular formula is C22H25NO. The highest BCUT2D eigenvalue weighted by Gasteiger charge is 2.16. The van der Waals surface area contributed by atoms with Crippen LogP contribution in [0.15, 0.2) is 66.7 Å². The lowest BCUT2D eigenvalue weighted by Crippen LogP contribution is -2.30. The number of hydrogen-bond donors (Lipinski definition) is 0. The van der Waals surface area contributed by atoms with Crippen molar-refractivity contribution in [3.63, 3.8) is 0 Å². The van der Waals surface area contributed by atoms with Crippen LogP contribution < -0.4 is 4.74 Å². The van der Waals surface area contributed by atoms with Gasteiger partial charge in [0.1, 0.15) is 5.75 Å². The van der Waals surface area contributed by atoms with Gasteiger partial charge < -0.3 is 4.74 Å². The Labute approximate surface area is 144 Å². The van der Waals surface area contributed by atoms with Gasteiger partial charge >= 0.3 is 0 Å². The topological polar surface area (TPSA) is 12.5 Å². The van der Waals surface area contributed by atoms with Crippen LogP contribution in [0, 0.1) is 0 Å². The van der Waals surface area contributed by atoms with Gasteiger partial charge in [-0.1, -0.05) is 60.7 Å². The first kappa shape index (κ1) is 16.5. The summed E-state index contributed by atoms with van der Waals surface area (Å²) >= 11 is 0. The molecule has 0 unspecified atom stereocenters. The summed E-state index contributed by atoms with van der Waals surface area (Å²) in [5.41, 5.74) is 2.60. The number of hydrogen-bond acceptors (Lipinski definition) is 2. The zero-order chi connectivity index (χ0) is 16.9. The zero-order valence-corrected chi connectivity index (χ0v) is 14.7. The van der Waals surface area contributed by atoms with Crippen LogP contribution in [-0.4, -0.2) is 18.1 Å². The smallest absolute Gasteiger partial charge is 0.123 e. The minimum atomic E-state index is 0.453. The Bertz CT molecular complexity index is 795. The molecule has 24 heavy (non-hydrogen) atoms. The standard InChI is InChI=1S/C22H25NO/c1-17(2)23(15-18-9-5-4-6-10-18)16-21-20-12-8-7-11-19(20)13-14-22(21)24-3/h4-14,17H,15-16H2,1-3H3. The molecule has 0 saturated carbocycles. The molecule has 0 spiro atoms. The quantitative estimate of drug-likeness (QED) is 0.614. The Morgan fingerprint density at radius 3 is 2.25 bits per heavy atom. The predicted octanol–water partition coefficient (Wildman–Crippen LogP) is 5.26. The molecule has 0 aliphatic heterocycles. The van der Waals surface area contributed by atoms with E-state index in [4.69, 9.17) is 4.74 Å². The second-order valence-corrected chi connectivity index (χ2v) is 6.45. The lowest BCUT2D eigenvalue weighted by Gasteiger charge is -2.28. The van der Waals surface area contributed by atoms with Gasteiger partial charge in [-0.3, -0.25) is 4.90 Å². The van der Waals surface area contributed by atoms with Crippen LogP contribution in [0.25, 0.3) is 10.8 Å². The summed E-state index contributed by atoms with van der Waals surface area (Å²) in [6.45, 7) is 6.31. The SMILES string of the molecule is COc1ccc2ccccc2c1CN(Cc1ccccc1)C(C)C. The summed E-state index contributed by atoms with van der Waals surface area (Å²) in [7, 11) is 1.75. The molecule has 0 heterocycles. The van der Waals surface area contributed by atoms with Crippen molar-refractivity contribution in [2.45, 2.75) is 33.0 Å². The average molecular weight is 319 g/mol. The van der Waals surface area contributed by atoms with Gasteiger partial charge in [-0.15, -0.1) is 0 Å². The van der Waals surface area contributed by atoms with Crippen molar-refractivity contribution in [1.29, 1.82) is 0 Å². The maximum absolute atomic E-state index is 5.66. The van der Waals surface area contributed by atoms with Gasteiger partial charge in [0.25, 0.3) is 0 Å². The maximum Gasteiger partial charge on any atom is 0.123 e. The number of ether oxygens (including phenoxy) is 1. The summed E-state index contributed by atoms with van der Waals surface area (Å²) in [5.74, 6) is 0.965. The van der Waals surface area contributed by atoms with E-state index in [0.717, 1.165) is 18.8 Å². The highest BCUT2D eigenvalue weighted by atomic mass is 16.5. The molecule has 0 bridgehead atoms. The first-order valence-electron chi connectivity index (χ1n) is 8.51. The number of fused-ring (bicyclic) bond motifs is 1. The van der Waals surface area contributed by atoms with Gasteiger partial charge in [0, 0.05) is 24.7 Å². The molecule has 2 heteroatoms. The summed E-state index contributed by atoms with van der Waals surface area (Å²) in [5, 5.41) is 2.53. The van der Waals surface area contributed by atoms with E-state index in [1.807, 2.05) is 0 Å². The second-order valence-electron chi connectivity index (χ2n) is 6.45. The minimum absolute atomic E-state index is 0.453. The van der Waals surface area contributed by atoms with Gasteiger partial charge in [0.15, 0.2) is 0 Å². The van der Waals surface area contributed by atoms with Crippen molar-refractivity contribution in [1.82, 2.24) is 4.90 Å². The summed E-state index contributed by atoms with van der Waals surface area (Å²) in [4.78, 5) is 2.49. The van der Waals surface area contributed by atoms with E-state index in [-0.39, 0.29) is 0 Å². The highest BCUT2D eigenvalue weighted by molar-refractivity contribution is 5.87. The Morgan fingerprint density at radius 1 is 0.833 bits per heavy atom. The fourth-order valence-corrected chi connectivity index (χ4v) is 3.11. The van der Waals surface area contributed by atoms with Crippen LogP contribution in [0.5, 0.6) is 5.75 Å². The van der Waals surface area contributed by atoms with E-state index < -0.39 is 0 Å². The fourth-order valence-electron chi connectivity index (χ4n) is 3.11. The van der Waals surface area contributed by atoms with E-state index in [0.29, 0.717) is 6.04 Å². The Morgan fingerprint density at radius 2 is 1.54 bits per heavy atom. The van der Waals surface area contributed by atoms with Gasteiger partial charge in [0.2, 0.25) is 0 Å². The van der Waals surface area contributed by atoms with E-state index in [1.54, 1.807) is 7.11 Å². The lowest BCUT2D eigenvalue weighted by molar-refractivity contribution is 0.202. The summed E-state index contributed by atoms with van der Waals surface area (Å²) < 4.78 is 5.66.